The summed E-state index contributed by atoms with van der Waals surface area (Å²) in [6.45, 7) is 3.67. The summed E-state index contributed by atoms with van der Waals surface area (Å²) in [6.07, 6.45) is 2.79. The fourth-order valence-electron chi connectivity index (χ4n) is 3.73. The lowest BCUT2D eigenvalue weighted by Gasteiger charge is -2.15. The number of hydrogen-bond donors (Lipinski definition) is 1. The summed E-state index contributed by atoms with van der Waals surface area (Å²) in [5, 5.41) is 7.98. The number of nitrogens with one attached hydrogen (secondary N) is 1. The van der Waals surface area contributed by atoms with Gasteiger partial charge in [0.25, 0.3) is 0 Å². The first-order chi connectivity index (χ1) is 14.1. The number of hydrogen-bond acceptors (Lipinski definition) is 5. The first-order valence-electron chi connectivity index (χ1n) is 10.00. The van der Waals surface area contributed by atoms with E-state index in [2.05, 4.69) is 15.4 Å². The molecule has 1 N–H and O–H groups in total. The van der Waals surface area contributed by atoms with Gasteiger partial charge in [-0.2, -0.15) is 0 Å². The van der Waals surface area contributed by atoms with Crippen molar-refractivity contribution in [3.05, 3.63) is 40.6 Å². The summed E-state index contributed by atoms with van der Waals surface area (Å²) >= 11 is 0. The van der Waals surface area contributed by atoms with Gasteiger partial charge in [0.05, 0.1) is 5.52 Å². The third-order valence-electron chi connectivity index (χ3n) is 5.20. The number of likely N-dealkylation sites (tertiary alicyclic amines) is 1. The minimum absolute atomic E-state index is 0.152. The average molecular weight is 396 g/mol. The van der Waals surface area contributed by atoms with Crippen LogP contribution in [0.15, 0.2) is 29.1 Å². The third-order valence-corrected chi connectivity index (χ3v) is 5.20. The molecular formula is C20H24N6O3. The molecule has 2 amide bonds. The van der Waals surface area contributed by atoms with Gasteiger partial charge in [0.15, 0.2) is 5.65 Å². The number of benzene rings is 1. The maximum Gasteiger partial charge on any atom is 0.352 e. The second-order valence-corrected chi connectivity index (χ2v) is 7.19. The first-order valence-corrected chi connectivity index (χ1v) is 10.00. The van der Waals surface area contributed by atoms with Crippen LogP contribution in [0.5, 0.6) is 0 Å². The molecule has 1 saturated heterocycles. The number of para-hydroxylation sites is 1. The van der Waals surface area contributed by atoms with E-state index in [1.807, 2.05) is 36.1 Å². The highest BCUT2D eigenvalue weighted by Crippen LogP contribution is 2.17. The van der Waals surface area contributed by atoms with E-state index in [0.29, 0.717) is 43.8 Å². The smallest absolute Gasteiger partial charge is 0.352 e. The molecule has 0 spiro atoms. The topological polar surface area (TPSA) is 102 Å². The van der Waals surface area contributed by atoms with Gasteiger partial charge in [-0.3, -0.25) is 9.59 Å². The number of aryl methyl sites for hydroxylation is 1. The number of carbonyl (C=O) groups excluding carboxylic acids is 2. The van der Waals surface area contributed by atoms with E-state index < -0.39 is 0 Å². The zero-order chi connectivity index (χ0) is 20.4. The van der Waals surface area contributed by atoms with Crippen molar-refractivity contribution in [3.63, 3.8) is 0 Å². The number of nitrogens with zero attached hydrogens (tertiary/aromatic N) is 5. The molecule has 0 atom stereocenters. The number of fused-ring (bicyclic) bond motifs is 3. The van der Waals surface area contributed by atoms with Crippen molar-refractivity contribution in [2.24, 2.45) is 0 Å². The van der Waals surface area contributed by atoms with E-state index in [4.69, 9.17) is 0 Å². The van der Waals surface area contributed by atoms with Crippen molar-refractivity contribution in [1.82, 2.24) is 29.4 Å². The molecule has 152 valence electrons. The molecule has 2 aromatic heterocycles. The standard InChI is InChI=1S/C20H24N6O3/c1-2-16-22-15-8-4-3-7-14(15)19-23-25(20(29)26(16)19)13-17(27)21-10-6-12-24-11-5-9-18(24)28/h3-4,7-8H,2,5-6,9-13H2,1H3,(H,21,27). The highest BCUT2D eigenvalue weighted by Gasteiger charge is 2.19. The Hall–Kier alpha value is -3.23. The summed E-state index contributed by atoms with van der Waals surface area (Å²) in [5.74, 6) is 0.518. The van der Waals surface area contributed by atoms with Crippen LogP contribution in [0.4, 0.5) is 0 Å². The van der Waals surface area contributed by atoms with Crippen LogP contribution >= 0.6 is 0 Å². The Morgan fingerprint density at radius 3 is 2.83 bits per heavy atom. The molecule has 3 heterocycles. The van der Waals surface area contributed by atoms with Crippen LogP contribution in [-0.4, -0.2) is 55.5 Å². The first kappa shape index (κ1) is 19.1. The van der Waals surface area contributed by atoms with Gasteiger partial charge in [-0.15, -0.1) is 5.10 Å². The molecule has 0 aliphatic carbocycles. The Labute approximate surface area is 167 Å². The van der Waals surface area contributed by atoms with Gasteiger partial charge in [-0.25, -0.2) is 18.9 Å². The summed E-state index contributed by atoms with van der Waals surface area (Å²) in [6, 6.07) is 7.52. The van der Waals surface area contributed by atoms with Gasteiger partial charge >= 0.3 is 5.69 Å². The van der Waals surface area contributed by atoms with Crippen LogP contribution in [0.25, 0.3) is 16.6 Å². The Bertz CT molecular complexity index is 1130. The minimum Gasteiger partial charge on any atom is -0.354 e. The van der Waals surface area contributed by atoms with Crippen molar-refractivity contribution < 1.29 is 9.59 Å². The van der Waals surface area contributed by atoms with Crippen LogP contribution < -0.4 is 11.0 Å². The van der Waals surface area contributed by atoms with Gasteiger partial charge in [0.1, 0.15) is 12.4 Å². The molecule has 1 aliphatic rings. The highest BCUT2D eigenvalue weighted by molar-refractivity contribution is 5.91. The molecule has 0 unspecified atom stereocenters. The molecule has 1 aliphatic heterocycles. The van der Waals surface area contributed by atoms with Crippen molar-refractivity contribution in [2.45, 2.75) is 39.2 Å². The molecule has 0 radical (unpaired) electrons. The molecular weight excluding hydrogens is 372 g/mol. The van der Waals surface area contributed by atoms with Crippen LogP contribution in [0, 0.1) is 0 Å². The molecule has 9 nitrogen and oxygen atoms in total. The van der Waals surface area contributed by atoms with Gasteiger partial charge in [0, 0.05) is 37.9 Å². The lowest BCUT2D eigenvalue weighted by molar-refractivity contribution is -0.127. The summed E-state index contributed by atoms with van der Waals surface area (Å²) in [4.78, 5) is 43.1. The highest BCUT2D eigenvalue weighted by atomic mass is 16.2. The van der Waals surface area contributed by atoms with E-state index >= 15 is 0 Å². The Morgan fingerprint density at radius 1 is 1.24 bits per heavy atom. The number of aromatic nitrogens is 4. The molecule has 0 saturated carbocycles. The van der Waals surface area contributed by atoms with E-state index in [9.17, 15) is 14.4 Å². The number of rotatable bonds is 7. The maximum atomic E-state index is 12.8. The van der Waals surface area contributed by atoms with Crippen molar-refractivity contribution in [1.29, 1.82) is 0 Å². The van der Waals surface area contributed by atoms with Crippen molar-refractivity contribution >= 4 is 28.4 Å². The van der Waals surface area contributed by atoms with Gasteiger partial charge in [-0.1, -0.05) is 19.1 Å². The molecule has 4 rings (SSSR count). The normalized spacial score (nSPS) is 14.2. The fraction of sp³-hybridized carbons (Fsp3) is 0.450. The molecule has 3 aromatic rings. The minimum atomic E-state index is -0.368. The van der Waals surface area contributed by atoms with E-state index in [1.54, 1.807) is 0 Å². The van der Waals surface area contributed by atoms with Crippen molar-refractivity contribution in [3.8, 4) is 0 Å². The zero-order valence-corrected chi connectivity index (χ0v) is 16.4. The monoisotopic (exact) mass is 396 g/mol. The quantitative estimate of drug-likeness (QED) is 0.594. The molecule has 9 heteroatoms. The molecule has 29 heavy (non-hydrogen) atoms. The summed E-state index contributed by atoms with van der Waals surface area (Å²) in [5.41, 5.74) is 0.917. The predicted octanol–water partition coefficient (Wildman–Crippen LogP) is 0.735. The largest absolute Gasteiger partial charge is 0.354 e. The summed E-state index contributed by atoms with van der Waals surface area (Å²) < 4.78 is 2.66. The number of carbonyl (C=O) groups is 2. The van der Waals surface area contributed by atoms with Crippen LogP contribution in [0.1, 0.15) is 32.0 Å². The zero-order valence-electron chi connectivity index (χ0n) is 16.4. The Kier molecular flexibility index (Phi) is 5.28. The second kappa shape index (κ2) is 8.02. The third kappa shape index (κ3) is 3.72. The van der Waals surface area contributed by atoms with Gasteiger partial charge in [0.2, 0.25) is 11.8 Å². The lowest BCUT2D eigenvalue weighted by Crippen LogP contribution is -2.35. The predicted molar refractivity (Wildman–Crippen MR) is 108 cm³/mol. The molecule has 0 bridgehead atoms. The van der Waals surface area contributed by atoms with Crippen LogP contribution in [-0.2, 0) is 22.6 Å². The average Bonchev–Trinajstić information content (AvgIpc) is 3.28. The van der Waals surface area contributed by atoms with E-state index in [0.717, 1.165) is 23.9 Å². The SMILES string of the molecule is CCc1nc2ccccc2c2nn(CC(=O)NCCCN3CCCC3=O)c(=O)n12. The summed E-state index contributed by atoms with van der Waals surface area (Å²) in [7, 11) is 0. The number of amides is 2. The van der Waals surface area contributed by atoms with Crippen LogP contribution in [0.3, 0.4) is 0 Å². The Morgan fingerprint density at radius 2 is 2.07 bits per heavy atom. The fourth-order valence-corrected chi connectivity index (χ4v) is 3.73. The van der Waals surface area contributed by atoms with E-state index in [-0.39, 0.29) is 24.0 Å². The molecule has 1 fully saturated rings. The van der Waals surface area contributed by atoms with Crippen molar-refractivity contribution in [2.75, 3.05) is 19.6 Å². The lowest BCUT2D eigenvalue weighted by atomic mass is 10.2. The maximum absolute atomic E-state index is 12.8. The van der Waals surface area contributed by atoms with Crippen LogP contribution in [0.2, 0.25) is 0 Å². The second-order valence-electron chi connectivity index (χ2n) is 7.19. The van der Waals surface area contributed by atoms with Gasteiger partial charge < -0.3 is 10.2 Å². The Balaban J connectivity index is 1.47. The van der Waals surface area contributed by atoms with E-state index in [1.165, 1.54) is 9.08 Å². The molecule has 1 aromatic carbocycles. The van der Waals surface area contributed by atoms with Gasteiger partial charge in [-0.05, 0) is 25.0 Å².